The number of nitriles is 1. The molecule has 80 valence electrons. The second-order valence-corrected chi connectivity index (χ2v) is 4.31. The first-order valence-corrected chi connectivity index (χ1v) is 5.20. The second kappa shape index (κ2) is 4.91. The van der Waals surface area contributed by atoms with Crippen molar-refractivity contribution in [3.05, 3.63) is 16.0 Å². The molecule has 0 aromatic carbocycles. The maximum atomic E-state index is 11.3. The number of rotatable bonds is 3. The maximum absolute atomic E-state index is 11.3. The summed E-state index contributed by atoms with van der Waals surface area (Å²) < 4.78 is 4.70. The van der Waals surface area contributed by atoms with Crippen LogP contribution in [0.15, 0.2) is 0 Å². The van der Waals surface area contributed by atoms with Crippen LogP contribution in [-0.4, -0.2) is 19.6 Å². The van der Waals surface area contributed by atoms with E-state index in [1.165, 1.54) is 18.4 Å². The molecule has 1 heterocycles. The number of amides is 1. The molecule has 15 heavy (non-hydrogen) atoms. The fraction of sp³-hybridized carbons (Fsp3) is 0.400. The van der Waals surface area contributed by atoms with E-state index in [-0.39, 0.29) is 12.5 Å². The highest BCUT2D eigenvalue weighted by Gasteiger charge is 2.13. The zero-order chi connectivity index (χ0) is 11.4. The number of hydrogen-bond donors (Lipinski definition) is 1. The number of carbonyl (C=O) groups excluding carboxylic acids is 1. The van der Waals surface area contributed by atoms with Gasteiger partial charge in [-0.1, -0.05) is 0 Å². The molecule has 0 unspecified atom stereocenters. The molecule has 0 aliphatic heterocycles. The molecule has 0 spiro atoms. The Labute approximate surface area is 92.5 Å². The number of hydrogen-bond acceptors (Lipinski definition) is 4. The summed E-state index contributed by atoms with van der Waals surface area (Å²) in [5.74, 6) is -0.241. The molecular weight excluding hydrogens is 212 g/mol. The Hall–Kier alpha value is -1.38. The van der Waals surface area contributed by atoms with Crippen molar-refractivity contribution in [3.8, 4) is 6.07 Å². The van der Waals surface area contributed by atoms with Gasteiger partial charge in [0.15, 0.2) is 0 Å². The van der Waals surface area contributed by atoms with E-state index in [0.717, 1.165) is 10.4 Å². The Bertz CT molecular complexity index is 418. The van der Waals surface area contributed by atoms with E-state index in [1.54, 1.807) is 0 Å². The molecule has 1 amide bonds. The number of methoxy groups -OCH3 is 1. The number of nitrogens with zero attached hydrogens (tertiary/aromatic N) is 1. The molecule has 0 aliphatic rings. The molecule has 0 aliphatic carbocycles. The van der Waals surface area contributed by atoms with Gasteiger partial charge in [-0.3, -0.25) is 4.79 Å². The molecule has 5 heteroatoms. The van der Waals surface area contributed by atoms with E-state index in [9.17, 15) is 4.79 Å². The maximum Gasteiger partial charge on any atom is 0.250 e. The third-order valence-corrected chi connectivity index (χ3v) is 3.15. The summed E-state index contributed by atoms with van der Waals surface area (Å²) in [4.78, 5) is 12.3. The molecule has 1 N–H and O–H groups in total. The lowest BCUT2D eigenvalue weighted by Crippen LogP contribution is -2.16. The van der Waals surface area contributed by atoms with Gasteiger partial charge in [0, 0.05) is 12.0 Å². The van der Waals surface area contributed by atoms with Gasteiger partial charge in [-0.25, -0.2) is 0 Å². The van der Waals surface area contributed by atoms with Crippen molar-refractivity contribution >= 4 is 22.2 Å². The van der Waals surface area contributed by atoms with E-state index < -0.39 is 0 Å². The van der Waals surface area contributed by atoms with Crippen LogP contribution in [0.5, 0.6) is 0 Å². The Morgan fingerprint density at radius 1 is 1.60 bits per heavy atom. The van der Waals surface area contributed by atoms with Crippen molar-refractivity contribution in [1.29, 1.82) is 5.26 Å². The number of aryl methyl sites for hydroxylation is 1. The van der Waals surface area contributed by atoms with E-state index in [2.05, 4.69) is 11.4 Å². The smallest absolute Gasteiger partial charge is 0.250 e. The Kier molecular flexibility index (Phi) is 3.83. The van der Waals surface area contributed by atoms with Gasteiger partial charge in [-0.05, 0) is 19.4 Å². The normalized spacial score (nSPS) is 9.73. The van der Waals surface area contributed by atoms with E-state index in [1.807, 2.05) is 13.8 Å². The fourth-order valence-corrected chi connectivity index (χ4v) is 2.17. The molecule has 0 radical (unpaired) electrons. The Morgan fingerprint density at radius 2 is 2.27 bits per heavy atom. The van der Waals surface area contributed by atoms with Gasteiger partial charge < -0.3 is 10.1 Å². The van der Waals surface area contributed by atoms with Gasteiger partial charge in [0.25, 0.3) is 5.91 Å². The number of ether oxygens (including phenoxy) is 1. The van der Waals surface area contributed by atoms with Gasteiger partial charge in [-0.15, -0.1) is 11.3 Å². The molecule has 0 atom stereocenters. The summed E-state index contributed by atoms with van der Waals surface area (Å²) in [6.07, 6.45) is 0. The van der Waals surface area contributed by atoms with Crippen LogP contribution in [0.1, 0.15) is 16.0 Å². The number of thiophene rings is 1. The van der Waals surface area contributed by atoms with Crippen LogP contribution in [0, 0.1) is 25.2 Å². The summed E-state index contributed by atoms with van der Waals surface area (Å²) >= 11 is 1.41. The molecule has 0 fully saturated rings. The molecule has 1 aromatic heterocycles. The van der Waals surface area contributed by atoms with Crippen LogP contribution in [0.4, 0.5) is 5.00 Å². The van der Waals surface area contributed by atoms with Crippen molar-refractivity contribution in [1.82, 2.24) is 0 Å². The zero-order valence-corrected chi connectivity index (χ0v) is 9.70. The highest BCUT2D eigenvalue weighted by molar-refractivity contribution is 7.16. The minimum Gasteiger partial charge on any atom is -0.375 e. The summed E-state index contributed by atoms with van der Waals surface area (Å²) in [5.41, 5.74) is 1.47. The minimum atomic E-state index is -0.241. The first kappa shape index (κ1) is 11.7. The van der Waals surface area contributed by atoms with Crippen molar-refractivity contribution in [3.63, 3.8) is 0 Å². The molecule has 1 rings (SSSR count). The molecular formula is C10H12N2O2S. The van der Waals surface area contributed by atoms with Crippen LogP contribution >= 0.6 is 11.3 Å². The SMILES string of the molecule is COCC(=O)Nc1sc(C)c(C)c1C#N. The number of anilines is 1. The van der Waals surface area contributed by atoms with Crippen molar-refractivity contribution < 1.29 is 9.53 Å². The van der Waals surface area contributed by atoms with Crippen LogP contribution in [0.3, 0.4) is 0 Å². The third-order valence-electron chi connectivity index (χ3n) is 2.03. The van der Waals surface area contributed by atoms with Crippen molar-refractivity contribution in [2.24, 2.45) is 0 Å². The topological polar surface area (TPSA) is 62.1 Å². The quantitative estimate of drug-likeness (QED) is 0.851. The largest absolute Gasteiger partial charge is 0.375 e. The first-order valence-electron chi connectivity index (χ1n) is 4.39. The van der Waals surface area contributed by atoms with Gasteiger partial charge in [0.1, 0.15) is 17.7 Å². The highest BCUT2D eigenvalue weighted by Crippen LogP contribution is 2.31. The van der Waals surface area contributed by atoms with E-state index in [4.69, 9.17) is 10.00 Å². The Balaban J connectivity index is 2.91. The first-order chi connectivity index (χ1) is 7.10. The molecule has 0 bridgehead atoms. The predicted octanol–water partition coefficient (Wildman–Crippen LogP) is 1.82. The number of nitrogens with one attached hydrogen (secondary N) is 1. The summed E-state index contributed by atoms with van der Waals surface area (Å²) in [5, 5.41) is 12.2. The van der Waals surface area contributed by atoms with Crippen molar-refractivity contribution in [2.45, 2.75) is 13.8 Å². The molecule has 1 aromatic rings. The summed E-state index contributed by atoms with van der Waals surface area (Å²) in [7, 11) is 1.45. The highest BCUT2D eigenvalue weighted by atomic mass is 32.1. The zero-order valence-electron chi connectivity index (χ0n) is 8.88. The summed E-state index contributed by atoms with van der Waals surface area (Å²) in [6.45, 7) is 3.80. The van der Waals surface area contributed by atoms with Crippen LogP contribution < -0.4 is 5.32 Å². The lowest BCUT2D eigenvalue weighted by atomic mass is 10.2. The van der Waals surface area contributed by atoms with Crippen molar-refractivity contribution in [2.75, 3.05) is 19.0 Å². The van der Waals surface area contributed by atoms with Gasteiger partial charge in [-0.2, -0.15) is 5.26 Å². The van der Waals surface area contributed by atoms with Gasteiger partial charge in [0.05, 0.1) is 5.56 Å². The lowest BCUT2D eigenvalue weighted by Gasteiger charge is -2.01. The van der Waals surface area contributed by atoms with E-state index >= 15 is 0 Å². The molecule has 4 nitrogen and oxygen atoms in total. The average molecular weight is 224 g/mol. The number of carbonyl (C=O) groups is 1. The monoisotopic (exact) mass is 224 g/mol. The van der Waals surface area contributed by atoms with Gasteiger partial charge >= 0.3 is 0 Å². The lowest BCUT2D eigenvalue weighted by molar-refractivity contribution is -0.119. The van der Waals surface area contributed by atoms with Crippen LogP contribution in [0.25, 0.3) is 0 Å². The van der Waals surface area contributed by atoms with Gasteiger partial charge in [0.2, 0.25) is 0 Å². The molecule has 0 saturated heterocycles. The minimum absolute atomic E-state index is 0.000857. The molecule has 0 saturated carbocycles. The Morgan fingerprint density at radius 3 is 2.80 bits per heavy atom. The van der Waals surface area contributed by atoms with E-state index in [0.29, 0.717) is 10.6 Å². The second-order valence-electron chi connectivity index (χ2n) is 3.08. The van der Waals surface area contributed by atoms with Crippen LogP contribution in [-0.2, 0) is 9.53 Å². The van der Waals surface area contributed by atoms with Crippen LogP contribution in [0.2, 0.25) is 0 Å². The fourth-order valence-electron chi connectivity index (χ4n) is 1.14. The standard InChI is InChI=1S/C10H12N2O2S/c1-6-7(2)15-10(8(6)4-11)12-9(13)5-14-3/h5H2,1-3H3,(H,12,13). The predicted molar refractivity (Wildman–Crippen MR) is 59.0 cm³/mol. The average Bonchev–Trinajstić information content (AvgIpc) is 2.42. The summed E-state index contributed by atoms with van der Waals surface area (Å²) in [6, 6.07) is 2.09. The third kappa shape index (κ3) is 2.55.